The molecule has 0 aromatic heterocycles. The van der Waals surface area contributed by atoms with Gasteiger partial charge in [0.25, 0.3) is 0 Å². The van der Waals surface area contributed by atoms with Gasteiger partial charge < -0.3 is 10.0 Å². The predicted molar refractivity (Wildman–Crippen MR) is 51.3 cm³/mol. The van der Waals surface area contributed by atoms with Gasteiger partial charge in [0, 0.05) is 25.6 Å². The fraction of sp³-hybridized carbons (Fsp3) is 0.900. The first-order valence-corrected chi connectivity index (χ1v) is 5.07. The summed E-state index contributed by atoms with van der Waals surface area (Å²) in [4.78, 5) is 13.4. The van der Waals surface area contributed by atoms with Crippen molar-refractivity contribution in [3.05, 3.63) is 0 Å². The summed E-state index contributed by atoms with van der Waals surface area (Å²) in [6.45, 7) is 5.02. The molecule has 1 heterocycles. The standard InChI is InChI=1S/C10H19NO2/c1-8(7-12)9(2)11-6-4-3-5-10(11)13/h8-9,12H,3-7H2,1-2H3. The Kier molecular flexibility index (Phi) is 3.72. The number of amides is 1. The number of carbonyl (C=O) groups excluding carboxylic acids is 1. The fourth-order valence-electron chi connectivity index (χ4n) is 1.72. The van der Waals surface area contributed by atoms with Crippen LogP contribution in [-0.2, 0) is 4.79 Å². The lowest BCUT2D eigenvalue weighted by Crippen LogP contribution is -2.45. The highest BCUT2D eigenvalue weighted by Crippen LogP contribution is 2.17. The second-order valence-electron chi connectivity index (χ2n) is 3.94. The van der Waals surface area contributed by atoms with Crippen LogP contribution in [0.15, 0.2) is 0 Å². The summed E-state index contributed by atoms with van der Waals surface area (Å²) in [7, 11) is 0. The van der Waals surface area contributed by atoms with Crippen LogP contribution in [0.25, 0.3) is 0 Å². The van der Waals surface area contributed by atoms with Gasteiger partial charge in [-0.05, 0) is 25.7 Å². The van der Waals surface area contributed by atoms with Crippen molar-refractivity contribution in [2.45, 2.75) is 39.2 Å². The van der Waals surface area contributed by atoms with E-state index in [4.69, 9.17) is 5.11 Å². The third kappa shape index (κ3) is 2.44. The highest BCUT2D eigenvalue weighted by atomic mass is 16.3. The van der Waals surface area contributed by atoms with E-state index in [1.807, 2.05) is 18.7 Å². The van der Waals surface area contributed by atoms with Crippen molar-refractivity contribution >= 4 is 5.91 Å². The second-order valence-corrected chi connectivity index (χ2v) is 3.94. The SMILES string of the molecule is CC(CO)C(C)N1CCCCC1=O. The van der Waals surface area contributed by atoms with Gasteiger partial charge in [-0.1, -0.05) is 6.92 Å². The number of aliphatic hydroxyl groups is 1. The molecule has 1 fully saturated rings. The lowest BCUT2D eigenvalue weighted by molar-refractivity contribution is -0.136. The van der Waals surface area contributed by atoms with Crippen LogP contribution in [0.3, 0.4) is 0 Å². The Morgan fingerprint density at radius 2 is 2.15 bits per heavy atom. The molecule has 1 aliphatic rings. The van der Waals surface area contributed by atoms with E-state index in [0.717, 1.165) is 19.4 Å². The van der Waals surface area contributed by atoms with Crippen molar-refractivity contribution in [2.24, 2.45) is 5.92 Å². The molecule has 2 unspecified atom stereocenters. The van der Waals surface area contributed by atoms with Crippen LogP contribution in [0, 0.1) is 5.92 Å². The Morgan fingerprint density at radius 1 is 1.46 bits per heavy atom. The first-order chi connectivity index (χ1) is 6.16. The van der Waals surface area contributed by atoms with Crippen molar-refractivity contribution in [1.29, 1.82) is 0 Å². The van der Waals surface area contributed by atoms with Gasteiger partial charge in [-0.3, -0.25) is 4.79 Å². The molecule has 0 aromatic rings. The average molecular weight is 185 g/mol. The minimum Gasteiger partial charge on any atom is -0.396 e. The van der Waals surface area contributed by atoms with E-state index >= 15 is 0 Å². The smallest absolute Gasteiger partial charge is 0.222 e. The van der Waals surface area contributed by atoms with Gasteiger partial charge in [-0.15, -0.1) is 0 Å². The lowest BCUT2D eigenvalue weighted by Gasteiger charge is -2.35. The molecule has 0 radical (unpaired) electrons. The third-order valence-electron chi connectivity index (χ3n) is 2.96. The number of nitrogens with zero attached hydrogens (tertiary/aromatic N) is 1. The first-order valence-electron chi connectivity index (χ1n) is 5.07. The molecule has 0 spiro atoms. The van der Waals surface area contributed by atoms with Gasteiger partial charge in [0.05, 0.1) is 0 Å². The highest BCUT2D eigenvalue weighted by molar-refractivity contribution is 5.77. The van der Waals surface area contributed by atoms with Crippen molar-refractivity contribution in [3.63, 3.8) is 0 Å². The first kappa shape index (κ1) is 10.5. The number of hydrogen-bond acceptors (Lipinski definition) is 2. The number of carbonyl (C=O) groups is 1. The van der Waals surface area contributed by atoms with Crippen LogP contribution < -0.4 is 0 Å². The maximum atomic E-state index is 11.5. The molecular formula is C10H19NO2. The molecule has 3 heteroatoms. The summed E-state index contributed by atoms with van der Waals surface area (Å²) in [5, 5.41) is 8.98. The van der Waals surface area contributed by atoms with Crippen molar-refractivity contribution in [1.82, 2.24) is 4.90 Å². The lowest BCUT2D eigenvalue weighted by atomic mass is 10.00. The highest BCUT2D eigenvalue weighted by Gasteiger charge is 2.25. The minimum atomic E-state index is 0.158. The van der Waals surface area contributed by atoms with Crippen molar-refractivity contribution in [3.8, 4) is 0 Å². The van der Waals surface area contributed by atoms with Gasteiger partial charge in [-0.2, -0.15) is 0 Å². The van der Waals surface area contributed by atoms with Crippen LogP contribution in [0.2, 0.25) is 0 Å². The molecule has 3 nitrogen and oxygen atoms in total. The molecule has 0 aromatic carbocycles. The second kappa shape index (κ2) is 4.61. The summed E-state index contributed by atoms with van der Waals surface area (Å²) in [6.07, 6.45) is 2.81. The van der Waals surface area contributed by atoms with Crippen LogP contribution in [0.5, 0.6) is 0 Å². The van der Waals surface area contributed by atoms with E-state index in [1.54, 1.807) is 0 Å². The largest absolute Gasteiger partial charge is 0.396 e. The third-order valence-corrected chi connectivity index (χ3v) is 2.96. The maximum Gasteiger partial charge on any atom is 0.222 e. The normalized spacial score (nSPS) is 23.0. The number of likely N-dealkylation sites (tertiary alicyclic amines) is 1. The zero-order chi connectivity index (χ0) is 9.84. The Labute approximate surface area is 79.7 Å². The summed E-state index contributed by atoms with van der Waals surface area (Å²) in [5.74, 6) is 0.432. The quantitative estimate of drug-likeness (QED) is 0.713. The number of piperidine rings is 1. The Balaban J connectivity index is 2.53. The van der Waals surface area contributed by atoms with E-state index in [0.29, 0.717) is 6.42 Å². The fourth-order valence-corrected chi connectivity index (χ4v) is 1.72. The molecular weight excluding hydrogens is 166 g/mol. The molecule has 1 rings (SSSR count). The van der Waals surface area contributed by atoms with Gasteiger partial charge in [-0.25, -0.2) is 0 Å². The summed E-state index contributed by atoms with van der Waals surface area (Å²) in [5.41, 5.74) is 0. The van der Waals surface area contributed by atoms with E-state index in [2.05, 4.69) is 0 Å². The maximum absolute atomic E-state index is 11.5. The van der Waals surface area contributed by atoms with Crippen molar-refractivity contribution in [2.75, 3.05) is 13.2 Å². The molecule has 0 bridgehead atoms. The Morgan fingerprint density at radius 3 is 2.69 bits per heavy atom. The number of hydrogen-bond donors (Lipinski definition) is 1. The number of aliphatic hydroxyl groups excluding tert-OH is 1. The van der Waals surface area contributed by atoms with Gasteiger partial charge in [0.1, 0.15) is 0 Å². The monoisotopic (exact) mass is 185 g/mol. The van der Waals surface area contributed by atoms with E-state index in [-0.39, 0.29) is 24.5 Å². The minimum absolute atomic E-state index is 0.158. The van der Waals surface area contributed by atoms with E-state index in [1.165, 1.54) is 0 Å². The zero-order valence-electron chi connectivity index (χ0n) is 8.49. The van der Waals surface area contributed by atoms with Crippen LogP contribution >= 0.6 is 0 Å². The average Bonchev–Trinajstić information content (AvgIpc) is 2.16. The molecule has 1 aliphatic heterocycles. The molecule has 0 aliphatic carbocycles. The van der Waals surface area contributed by atoms with Gasteiger partial charge >= 0.3 is 0 Å². The topological polar surface area (TPSA) is 40.5 Å². The van der Waals surface area contributed by atoms with Crippen LogP contribution in [-0.4, -0.2) is 35.1 Å². The molecule has 76 valence electrons. The molecule has 1 saturated heterocycles. The molecule has 2 atom stereocenters. The summed E-state index contributed by atoms with van der Waals surface area (Å²) in [6, 6.07) is 0.179. The summed E-state index contributed by atoms with van der Waals surface area (Å²) < 4.78 is 0. The molecule has 1 N–H and O–H groups in total. The van der Waals surface area contributed by atoms with Crippen LogP contribution in [0.4, 0.5) is 0 Å². The van der Waals surface area contributed by atoms with Crippen LogP contribution in [0.1, 0.15) is 33.1 Å². The molecule has 0 saturated carbocycles. The van der Waals surface area contributed by atoms with Gasteiger partial charge in [0.2, 0.25) is 5.91 Å². The Bertz CT molecular complexity index is 182. The Hall–Kier alpha value is -0.570. The summed E-state index contributed by atoms with van der Waals surface area (Å²) >= 11 is 0. The number of rotatable bonds is 3. The van der Waals surface area contributed by atoms with E-state index < -0.39 is 0 Å². The molecule has 1 amide bonds. The van der Waals surface area contributed by atoms with Gasteiger partial charge in [0.15, 0.2) is 0 Å². The van der Waals surface area contributed by atoms with Crippen molar-refractivity contribution < 1.29 is 9.90 Å². The zero-order valence-corrected chi connectivity index (χ0v) is 8.49. The molecule has 13 heavy (non-hydrogen) atoms. The van der Waals surface area contributed by atoms with E-state index in [9.17, 15) is 4.79 Å². The predicted octanol–water partition coefficient (Wildman–Crippen LogP) is 1.02.